The molecule has 1 aliphatic carbocycles. The Kier molecular flexibility index (Phi) is 11.7. The highest BCUT2D eigenvalue weighted by atomic mass is 16.7. The Morgan fingerprint density at radius 1 is 1.07 bits per heavy atom. The van der Waals surface area contributed by atoms with Crippen LogP contribution in [0.3, 0.4) is 0 Å². The van der Waals surface area contributed by atoms with E-state index in [1.807, 2.05) is 46.7 Å². The maximum absolute atomic E-state index is 13.9. The fourth-order valence-corrected chi connectivity index (χ4v) is 8.46. The Morgan fingerprint density at radius 2 is 1.71 bits per heavy atom. The van der Waals surface area contributed by atoms with E-state index in [-0.39, 0.29) is 24.0 Å². The molecule has 0 aromatic carbocycles. The number of likely N-dealkylation sites (N-methyl/N-ethyl adjacent to an activating group) is 1. The largest absolute Gasteiger partial charge is 0.459 e. The van der Waals surface area contributed by atoms with Crippen molar-refractivity contribution < 1.29 is 43.8 Å². The number of esters is 1. The van der Waals surface area contributed by atoms with Gasteiger partial charge in [0.25, 0.3) is 0 Å². The van der Waals surface area contributed by atoms with Crippen molar-refractivity contribution in [2.45, 2.75) is 172 Å². The molecule has 0 aromatic rings. The van der Waals surface area contributed by atoms with Crippen molar-refractivity contribution in [2.24, 2.45) is 17.8 Å². The molecule has 3 heterocycles. The highest BCUT2D eigenvalue weighted by molar-refractivity contribution is 5.73. The van der Waals surface area contributed by atoms with E-state index in [1.165, 1.54) is 6.92 Å². The van der Waals surface area contributed by atoms with Crippen LogP contribution in [0.1, 0.15) is 100 Å². The third-order valence-corrected chi connectivity index (χ3v) is 11.1. The highest BCUT2D eigenvalue weighted by Crippen LogP contribution is 2.49. The fraction of sp³-hybridized carbons (Fsp3) is 0.971. The van der Waals surface area contributed by atoms with E-state index in [0.29, 0.717) is 38.6 Å². The Bertz CT molecular complexity index is 991. The first-order chi connectivity index (χ1) is 20.9. The molecule has 4 aliphatic rings. The smallest absolute Gasteiger partial charge is 0.311 e. The first kappa shape index (κ1) is 36.9. The quantitative estimate of drug-likeness (QED) is 0.337. The third kappa shape index (κ3) is 7.73. The van der Waals surface area contributed by atoms with Crippen LogP contribution in [0.15, 0.2) is 0 Å². The highest BCUT2D eigenvalue weighted by Gasteiger charge is 2.58. The zero-order valence-electron chi connectivity index (χ0n) is 29.3. The molecule has 11 heteroatoms. The summed E-state index contributed by atoms with van der Waals surface area (Å²) < 4.78 is 33.3. The molecule has 3 saturated heterocycles. The number of nitrogens with one attached hydrogen (secondary N) is 1. The van der Waals surface area contributed by atoms with E-state index in [2.05, 4.69) is 19.2 Å². The number of hydrogen-bond donors (Lipinski definition) is 4. The van der Waals surface area contributed by atoms with Gasteiger partial charge in [0.05, 0.1) is 29.8 Å². The summed E-state index contributed by atoms with van der Waals surface area (Å²) in [7, 11) is 3.90. The number of carbonyl (C=O) groups excluding carboxylic acids is 1. The van der Waals surface area contributed by atoms with Crippen molar-refractivity contribution in [3.05, 3.63) is 0 Å². The molecule has 45 heavy (non-hydrogen) atoms. The molecule has 4 rings (SSSR count). The van der Waals surface area contributed by atoms with Crippen LogP contribution in [0.2, 0.25) is 0 Å². The molecule has 4 fully saturated rings. The first-order valence-electron chi connectivity index (χ1n) is 17.3. The zero-order chi connectivity index (χ0) is 33.5. The average Bonchev–Trinajstić information content (AvgIpc) is 3.39. The van der Waals surface area contributed by atoms with Crippen LogP contribution in [0.25, 0.3) is 0 Å². The van der Waals surface area contributed by atoms with E-state index in [9.17, 15) is 20.1 Å². The molecule has 3 aliphatic heterocycles. The van der Waals surface area contributed by atoms with Crippen LogP contribution in [0.5, 0.6) is 0 Å². The second-order valence-electron chi connectivity index (χ2n) is 15.4. The van der Waals surface area contributed by atoms with Crippen LogP contribution in [0, 0.1) is 17.8 Å². The summed E-state index contributed by atoms with van der Waals surface area (Å²) in [5.41, 5.74) is -2.55. The summed E-state index contributed by atoms with van der Waals surface area (Å²) in [6.45, 7) is 15.7. The van der Waals surface area contributed by atoms with Gasteiger partial charge >= 0.3 is 5.97 Å². The molecular weight excluding hydrogens is 580 g/mol. The topological polar surface area (TPSA) is 139 Å². The lowest BCUT2D eigenvalue weighted by molar-refractivity contribution is -0.322. The monoisotopic (exact) mass is 642 g/mol. The SMILES string of the molecule is CC[C@H]1OC(=O)[C@H](C)[C@H]2OC3(CCCC3)OC(C)(C[C@@H](C)CN[C@H](C)[C@@H](O)[C@]1(C)O)[C@H](OC1O[C@H](C)C[C@H](N(C)C)[C@H]1O)[C@H]2C. The van der Waals surface area contributed by atoms with Crippen LogP contribution in [-0.2, 0) is 28.5 Å². The maximum Gasteiger partial charge on any atom is 0.311 e. The molecule has 2 bridgehead atoms. The predicted molar refractivity (Wildman–Crippen MR) is 169 cm³/mol. The minimum absolute atomic E-state index is 0.0657. The molecule has 1 spiro atoms. The van der Waals surface area contributed by atoms with E-state index in [1.54, 1.807) is 6.92 Å². The molecule has 4 N–H and O–H groups in total. The lowest BCUT2D eigenvalue weighted by Gasteiger charge is -2.47. The van der Waals surface area contributed by atoms with Crippen LogP contribution >= 0.6 is 0 Å². The number of hydrogen-bond acceptors (Lipinski definition) is 11. The van der Waals surface area contributed by atoms with Crippen LogP contribution < -0.4 is 5.32 Å². The van der Waals surface area contributed by atoms with Crippen molar-refractivity contribution in [3.8, 4) is 0 Å². The number of fused-ring (bicyclic) bond motifs is 3. The number of carbonyl (C=O) groups is 1. The van der Waals surface area contributed by atoms with Gasteiger partial charge < -0.3 is 49.2 Å². The standard InChI is InChI=1S/C34H62N2O9/c1-11-25-33(8,40)28(38)23(6)35-18-19(2)17-32(7)29(43-31-26(37)24(36(9)10)16-20(3)41-31)21(4)27(22(5)30(39)42-25)44-34(45-32)14-12-13-15-34/h19-29,31,35,37-38,40H,11-18H2,1-10H3/t19-,20-,21+,22-,23-,24+,25-,26-,27+,28-,29-,31?,32?,33-/m1/s1. The molecule has 262 valence electrons. The van der Waals surface area contributed by atoms with Crippen molar-refractivity contribution in [1.82, 2.24) is 10.2 Å². The lowest BCUT2D eigenvalue weighted by atomic mass is 9.78. The van der Waals surface area contributed by atoms with Gasteiger partial charge in [0.15, 0.2) is 12.1 Å². The molecule has 11 nitrogen and oxygen atoms in total. The molecule has 0 radical (unpaired) electrons. The Balaban J connectivity index is 1.80. The average molecular weight is 643 g/mol. The summed E-state index contributed by atoms with van der Waals surface area (Å²) in [4.78, 5) is 15.9. The molecule has 1 saturated carbocycles. The number of rotatable bonds is 4. The van der Waals surface area contributed by atoms with Crippen molar-refractivity contribution in [3.63, 3.8) is 0 Å². The van der Waals surface area contributed by atoms with E-state index in [0.717, 1.165) is 12.8 Å². The second kappa shape index (κ2) is 14.3. The third-order valence-electron chi connectivity index (χ3n) is 11.1. The van der Waals surface area contributed by atoms with Gasteiger partial charge in [-0.3, -0.25) is 4.79 Å². The number of cyclic esters (lactones) is 1. The van der Waals surface area contributed by atoms with Gasteiger partial charge in [-0.1, -0.05) is 20.8 Å². The fourth-order valence-electron chi connectivity index (χ4n) is 8.46. The molecule has 0 amide bonds. The molecular formula is C34H62N2O9. The van der Waals surface area contributed by atoms with Gasteiger partial charge in [-0.15, -0.1) is 0 Å². The van der Waals surface area contributed by atoms with E-state index >= 15 is 0 Å². The van der Waals surface area contributed by atoms with E-state index in [4.69, 9.17) is 23.7 Å². The van der Waals surface area contributed by atoms with Gasteiger partial charge in [-0.05, 0) is 93.3 Å². The predicted octanol–water partition coefficient (Wildman–Crippen LogP) is 2.97. The summed E-state index contributed by atoms with van der Waals surface area (Å²) >= 11 is 0. The minimum Gasteiger partial charge on any atom is -0.459 e. The van der Waals surface area contributed by atoms with Crippen molar-refractivity contribution in [2.75, 3.05) is 20.6 Å². The molecule has 2 unspecified atom stereocenters. The normalized spacial score (nSPS) is 48.5. The summed E-state index contributed by atoms with van der Waals surface area (Å²) in [5.74, 6) is -2.44. The maximum atomic E-state index is 13.9. The van der Waals surface area contributed by atoms with Crippen molar-refractivity contribution >= 4 is 5.97 Å². The first-order valence-corrected chi connectivity index (χ1v) is 17.3. The number of aliphatic hydroxyl groups is 3. The second-order valence-corrected chi connectivity index (χ2v) is 15.4. The summed E-state index contributed by atoms with van der Waals surface area (Å²) in [6, 6.07) is -0.623. The van der Waals surface area contributed by atoms with Gasteiger partial charge in [0, 0.05) is 30.8 Å². The van der Waals surface area contributed by atoms with Gasteiger partial charge in [-0.25, -0.2) is 0 Å². The van der Waals surface area contributed by atoms with E-state index < -0.39 is 71.7 Å². The van der Waals surface area contributed by atoms with Gasteiger partial charge in [0.1, 0.15) is 23.9 Å². The minimum atomic E-state index is -1.68. The summed E-state index contributed by atoms with van der Waals surface area (Å²) in [6.07, 6.45) is -0.406. The number of ether oxygens (including phenoxy) is 5. The van der Waals surface area contributed by atoms with Gasteiger partial charge in [0.2, 0.25) is 0 Å². The summed E-state index contributed by atoms with van der Waals surface area (Å²) in [5, 5.41) is 37.6. The Labute approximate surface area is 270 Å². The Morgan fingerprint density at radius 3 is 2.31 bits per heavy atom. The Hall–Kier alpha value is -0.890. The number of nitrogens with zero attached hydrogens (tertiary/aromatic N) is 1. The van der Waals surface area contributed by atoms with Gasteiger partial charge in [-0.2, -0.15) is 0 Å². The zero-order valence-corrected chi connectivity index (χ0v) is 29.3. The number of aliphatic hydroxyl groups excluding tert-OH is 2. The van der Waals surface area contributed by atoms with Crippen molar-refractivity contribution in [1.29, 1.82) is 0 Å². The van der Waals surface area contributed by atoms with Crippen LogP contribution in [-0.4, -0.2) is 119 Å². The molecule has 14 atom stereocenters. The molecule has 0 aromatic heterocycles. The lowest BCUT2D eigenvalue weighted by Crippen LogP contribution is -2.59. The van der Waals surface area contributed by atoms with Crippen LogP contribution in [0.4, 0.5) is 0 Å².